The van der Waals surface area contributed by atoms with Gasteiger partial charge in [-0.05, 0) is 41.5 Å². The zero-order valence-corrected chi connectivity index (χ0v) is 14.3. The number of hydrogen-bond donors (Lipinski definition) is 1. The van der Waals surface area contributed by atoms with Crippen LogP contribution in [-0.2, 0) is 4.79 Å². The van der Waals surface area contributed by atoms with E-state index in [-0.39, 0.29) is 6.61 Å². The maximum atomic E-state index is 10.7. The number of amides is 1. The van der Waals surface area contributed by atoms with E-state index in [0.29, 0.717) is 16.3 Å². The van der Waals surface area contributed by atoms with Crippen molar-refractivity contribution >= 4 is 45.1 Å². The summed E-state index contributed by atoms with van der Waals surface area (Å²) in [6.45, 7) is -0.239. The summed E-state index contributed by atoms with van der Waals surface area (Å²) in [6, 6.07) is 14.7. The second kappa shape index (κ2) is 7.82. The molecular formula is C17H12BrClN2O2. The number of nitriles is 1. The highest BCUT2D eigenvalue weighted by Gasteiger charge is 2.06. The average Bonchev–Trinajstić information content (AvgIpc) is 2.52. The summed E-state index contributed by atoms with van der Waals surface area (Å²) >= 11 is 9.47. The molecule has 0 saturated carbocycles. The molecule has 2 aromatic rings. The van der Waals surface area contributed by atoms with Crippen LogP contribution in [-0.4, -0.2) is 12.5 Å². The van der Waals surface area contributed by atoms with Crippen LogP contribution in [0.2, 0.25) is 5.02 Å². The van der Waals surface area contributed by atoms with E-state index in [2.05, 4.69) is 22.0 Å². The van der Waals surface area contributed by atoms with Gasteiger partial charge in [-0.3, -0.25) is 4.79 Å². The lowest BCUT2D eigenvalue weighted by Gasteiger charge is -2.07. The van der Waals surface area contributed by atoms with Gasteiger partial charge in [0.15, 0.2) is 6.61 Å². The SMILES string of the molecule is N#CC(=Cc1ccc(OCC(N)=O)c(Cl)c1)c1ccc(Br)cc1. The van der Waals surface area contributed by atoms with Crippen LogP contribution in [0.4, 0.5) is 0 Å². The number of allylic oxidation sites excluding steroid dienone is 1. The Morgan fingerprint density at radius 2 is 2.00 bits per heavy atom. The number of carbonyl (C=O) groups excluding carboxylic acids is 1. The lowest BCUT2D eigenvalue weighted by molar-refractivity contribution is -0.119. The minimum Gasteiger partial charge on any atom is -0.482 e. The van der Waals surface area contributed by atoms with Gasteiger partial charge in [0.2, 0.25) is 0 Å². The number of benzene rings is 2. The second-order valence-corrected chi connectivity index (χ2v) is 5.94. The highest BCUT2D eigenvalue weighted by atomic mass is 79.9. The number of nitrogens with two attached hydrogens (primary N) is 1. The van der Waals surface area contributed by atoms with Crippen LogP contribution in [0.25, 0.3) is 11.6 Å². The van der Waals surface area contributed by atoms with E-state index in [1.807, 2.05) is 24.3 Å². The molecule has 0 bridgehead atoms. The highest BCUT2D eigenvalue weighted by Crippen LogP contribution is 2.27. The number of nitrogens with zero attached hydrogens (tertiary/aromatic N) is 1. The predicted molar refractivity (Wildman–Crippen MR) is 93.8 cm³/mol. The number of ether oxygens (including phenoxy) is 1. The Labute approximate surface area is 147 Å². The standard InChI is InChI=1S/C17H12BrClN2O2/c18-14-4-2-12(3-5-14)13(9-20)7-11-1-6-16(15(19)8-11)23-10-17(21)22/h1-8H,10H2,(H2,21,22). The minimum absolute atomic E-state index is 0.239. The Morgan fingerprint density at radius 3 is 2.57 bits per heavy atom. The lowest BCUT2D eigenvalue weighted by atomic mass is 10.0. The Balaban J connectivity index is 2.27. The van der Waals surface area contributed by atoms with Gasteiger partial charge in [-0.1, -0.05) is 45.7 Å². The molecule has 2 N–H and O–H groups in total. The Hall–Kier alpha value is -2.29. The smallest absolute Gasteiger partial charge is 0.255 e. The molecule has 1 amide bonds. The van der Waals surface area contributed by atoms with Crippen molar-refractivity contribution in [3.63, 3.8) is 0 Å². The van der Waals surface area contributed by atoms with Crippen molar-refractivity contribution in [3.8, 4) is 11.8 Å². The molecule has 4 nitrogen and oxygen atoms in total. The van der Waals surface area contributed by atoms with Crippen molar-refractivity contribution in [1.29, 1.82) is 5.26 Å². The molecular weight excluding hydrogens is 380 g/mol. The summed E-state index contributed by atoms with van der Waals surface area (Å²) in [5.41, 5.74) is 7.09. The first kappa shape index (κ1) is 17.1. The first-order valence-corrected chi connectivity index (χ1v) is 7.75. The maximum Gasteiger partial charge on any atom is 0.255 e. The van der Waals surface area contributed by atoms with Crippen molar-refractivity contribution in [3.05, 3.63) is 63.1 Å². The normalized spacial score (nSPS) is 10.9. The van der Waals surface area contributed by atoms with Crippen LogP contribution in [0.3, 0.4) is 0 Å². The van der Waals surface area contributed by atoms with E-state index >= 15 is 0 Å². The molecule has 0 unspecified atom stereocenters. The predicted octanol–water partition coefficient (Wildman–Crippen LogP) is 4.03. The van der Waals surface area contributed by atoms with Gasteiger partial charge in [-0.25, -0.2) is 0 Å². The molecule has 0 spiro atoms. The van der Waals surface area contributed by atoms with Gasteiger partial charge in [-0.15, -0.1) is 0 Å². The molecule has 0 saturated heterocycles. The molecule has 0 aliphatic rings. The van der Waals surface area contributed by atoms with Gasteiger partial charge in [-0.2, -0.15) is 5.26 Å². The zero-order chi connectivity index (χ0) is 16.8. The van der Waals surface area contributed by atoms with Crippen molar-refractivity contribution in [2.24, 2.45) is 5.73 Å². The number of primary amides is 1. The minimum atomic E-state index is -0.577. The Kier molecular flexibility index (Phi) is 5.80. The fourth-order valence-electron chi connectivity index (χ4n) is 1.85. The molecule has 0 aromatic heterocycles. The summed E-state index contributed by atoms with van der Waals surface area (Å²) in [5.74, 6) is -0.211. The molecule has 23 heavy (non-hydrogen) atoms. The quantitative estimate of drug-likeness (QED) is 0.617. The Morgan fingerprint density at radius 1 is 1.30 bits per heavy atom. The van der Waals surface area contributed by atoms with E-state index in [1.54, 1.807) is 24.3 Å². The van der Waals surface area contributed by atoms with Crippen LogP contribution in [0.15, 0.2) is 46.9 Å². The molecule has 0 fully saturated rings. The fraction of sp³-hybridized carbons (Fsp3) is 0.0588. The molecule has 2 rings (SSSR count). The number of hydrogen-bond acceptors (Lipinski definition) is 3. The third kappa shape index (κ3) is 4.85. The lowest BCUT2D eigenvalue weighted by Crippen LogP contribution is -2.20. The molecule has 0 aliphatic carbocycles. The monoisotopic (exact) mass is 390 g/mol. The van der Waals surface area contributed by atoms with Crippen molar-refractivity contribution in [2.75, 3.05) is 6.61 Å². The fourth-order valence-corrected chi connectivity index (χ4v) is 2.36. The van der Waals surface area contributed by atoms with E-state index in [1.165, 1.54) is 0 Å². The van der Waals surface area contributed by atoms with Crippen LogP contribution >= 0.6 is 27.5 Å². The summed E-state index contributed by atoms with van der Waals surface area (Å²) in [7, 11) is 0. The second-order valence-electron chi connectivity index (χ2n) is 4.62. The number of halogens is 2. The molecule has 116 valence electrons. The summed E-state index contributed by atoms with van der Waals surface area (Å²) < 4.78 is 6.13. The maximum absolute atomic E-state index is 10.7. The third-order valence-electron chi connectivity index (χ3n) is 2.91. The largest absolute Gasteiger partial charge is 0.482 e. The van der Waals surface area contributed by atoms with Crippen LogP contribution in [0, 0.1) is 11.3 Å². The van der Waals surface area contributed by atoms with Gasteiger partial charge >= 0.3 is 0 Å². The van der Waals surface area contributed by atoms with E-state index in [9.17, 15) is 10.1 Å². The third-order valence-corrected chi connectivity index (χ3v) is 3.74. The molecule has 0 heterocycles. The first-order chi connectivity index (χ1) is 11.0. The van der Waals surface area contributed by atoms with E-state index in [0.717, 1.165) is 15.6 Å². The molecule has 0 radical (unpaired) electrons. The van der Waals surface area contributed by atoms with Gasteiger partial charge in [0.05, 0.1) is 16.7 Å². The highest BCUT2D eigenvalue weighted by molar-refractivity contribution is 9.10. The zero-order valence-electron chi connectivity index (χ0n) is 11.9. The summed E-state index contributed by atoms with van der Waals surface area (Å²) in [5, 5.41) is 9.68. The van der Waals surface area contributed by atoms with Crippen molar-refractivity contribution < 1.29 is 9.53 Å². The molecule has 0 atom stereocenters. The summed E-state index contributed by atoms with van der Waals surface area (Å²) in [4.78, 5) is 10.7. The van der Waals surface area contributed by atoms with Gasteiger partial charge in [0, 0.05) is 4.47 Å². The average molecular weight is 392 g/mol. The van der Waals surface area contributed by atoms with Crippen LogP contribution < -0.4 is 10.5 Å². The van der Waals surface area contributed by atoms with E-state index in [4.69, 9.17) is 22.1 Å². The molecule has 2 aromatic carbocycles. The van der Waals surface area contributed by atoms with Crippen molar-refractivity contribution in [1.82, 2.24) is 0 Å². The van der Waals surface area contributed by atoms with E-state index < -0.39 is 5.91 Å². The molecule has 6 heteroatoms. The number of rotatable bonds is 5. The van der Waals surface area contributed by atoms with Crippen molar-refractivity contribution in [2.45, 2.75) is 0 Å². The molecule has 0 aliphatic heterocycles. The first-order valence-electron chi connectivity index (χ1n) is 6.58. The van der Waals surface area contributed by atoms with Gasteiger partial charge in [0.25, 0.3) is 5.91 Å². The van der Waals surface area contributed by atoms with Crippen LogP contribution in [0.1, 0.15) is 11.1 Å². The van der Waals surface area contributed by atoms with Gasteiger partial charge < -0.3 is 10.5 Å². The summed E-state index contributed by atoms with van der Waals surface area (Å²) in [6.07, 6.45) is 1.73. The number of carbonyl (C=O) groups is 1. The van der Waals surface area contributed by atoms with Gasteiger partial charge in [0.1, 0.15) is 5.75 Å². The topological polar surface area (TPSA) is 76.1 Å². The Bertz CT molecular complexity index is 795. The van der Waals surface area contributed by atoms with Crippen LogP contribution in [0.5, 0.6) is 5.75 Å².